The molecule has 2 aliphatic heterocycles. The van der Waals surface area contributed by atoms with Crippen LogP contribution in [-0.2, 0) is 6.54 Å². The largest absolute Gasteiger partial charge is 0.335 e. The van der Waals surface area contributed by atoms with Crippen LogP contribution in [0.5, 0.6) is 0 Å². The highest BCUT2D eigenvalue weighted by atomic mass is 32.1. The van der Waals surface area contributed by atoms with E-state index in [0.29, 0.717) is 11.7 Å². The maximum atomic E-state index is 12.8. The summed E-state index contributed by atoms with van der Waals surface area (Å²) < 4.78 is 1.96. The van der Waals surface area contributed by atoms with Gasteiger partial charge in [-0.1, -0.05) is 0 Å². The molecule has 0 saturated carbocycles. The molecule has 0 spiro atoms. The van der Waals surface area contributed by atoms with Crippen molar-refractivity contribution in [3.8, 4) is 0 Å². The first kappa shape index (κ1) is 17.6. The maximum absolute atomic E-state index is 12.8. The molecule has 4 heterocycles. The van der Waals surface area contributed by atoms with Gasteiger partial charge in [-0.15, -0.1) is 11.3 Å². The highest BCUT2D eigenvalue weighted by Crippen LogP contribution is 2.18. The molecule has 0 aliphatic carbocycles. The number of nitrogens with one attached hydrogen (secondary N) is 1. The van der Waals surface area contributed by atoms with Gasteiger partial charge in [-0.3, -0.25) is 14.4 Å². The summed E-state index contributed by atoms with van der Waals surface area (Å²) in [7, 11) is 0. The Labute approximate surface area is 158 Å². The van der Waals surface area contributed by atoms with E-state index in [2.05, 4.69) is 20.3 Å². The number of amides is 1. The lowest BCUT2D eigenvalue weighted by atomic mass is 10.1. The predicted octanol–water partition coefficient (Wildman–Crippen LogP) is 1.53. The van der Waals surface area contributed by atoms with Crippen molar-refractivity contribution in [2.24, 2.45) is 0 Å². The van der Waals surface area contributed by atoms with E-state index in [-0.39, 0.29) is 5.91 Å². The number of aromatic nitrogens is 3. The molecule has 4 rings (SSSR count). The number of rotatable bonds is 4. The fourth-order valence-corrected chi connectivity index (χ4v) is 4.52. The van der Waals surface area contributed by atoms with Crippen LogP contribution in [0.1, 0.15) is 39.3 Å². The Bertz CT molecular complexity index is 742. The van der Waals surface area contributed by atoms with Gasteiger partial charge >= 0.3 is 0 Å². The lowest BCUT2D eigenvalue weighted by Gasteiger charge is -2.34. The number of piperidine rings is 1. The topological polar surface area (TPSA) is 66.3 Å². The zero-order chi connectivity index (χ0) is 17.9. The van der Waals surface area contributed by atoms with Gasteiger partial charge in [0.1, 0.15) is 5.69 Å². The number of carbonyl (C=O) groups excluding carboxylic acids is 1. The number of carbonyl (C=O) groups is 1. The van der Waals surface area contributed by atoms with E-state index >= 15 is 0 Å². The average Bonchev–Trinajstić information content (AvgIpc) is 3.32. The molecule has 2 saturated heterocycles. The molecule has 0 aromatic carbocycles. The van der Waals surface area contributed by atoms with Crippen molar-refractivity contribution < 1.29 is 4.79 Å². The fourth-order valence-electron chi connectivity index (χ4n) is 3.68. The average molecular weight is 375 g/mol. The number of aryl methyl sites for hydroxylation is 1. The minimum Gasteiger partial charge on any atom is -0.335 e. The molecule has 140 valence electrons. The van der Waals surface area contributed by atoms with E-state index in [1.165, 1.54) is 4.88 Å². The highest BCUT2D eigenvalue weighted by molar-refractivity contribution is 7.11. The Morgan fingerprint density at radius 2 is 2.19 bits per heavy atom. The van der Waals surface area contributed by atoms with E-state index < -0.39 is 0 Å². The van der Waals surface area contributed by atoms with E-state index in [1.54, 1.807) is 11.3 Å². The summed E-state index contributed by atoms with van der Waals surface area (Å²) in [6.07, 6.45) is 6.20. The van der Waals surface area contributed by atoms with Crippen molar-refractivity contribution >= 4 is 17.2 Å². The Kier molecular flexibility index (Phi) is 5.33. The first-order valence-electron chi connectivity index (χ1n) is 9.38. The maximum Gasteiger partial charge on any atom is 0.274 e. The number of nitrogens with zero attached hydrogens (tertiary/aromatic N) is 5. The third kappa shape index (κ3) is 3.97. The highest BCUT2D eigenvalue weighted by Gasteiger charge is 2.25. The van der Waals surface area contributed by atoms with Crippen molar-refractivity contribution in [3.63, 3.8) is 0 Å². The zero-order valence-corrected chi connectivity index (χ0v) is 16.0. The second-order valence-electron chi connectivity index (χ2n) is 7.10. The first-order chi connectivity index (χ1) is 12.7. The van der Waals surface area contributed by atoms with Crippen LogP contribution in [-0.4, -0.2) is 69.7 Å². The van der Waals surface area contributed by atoms with Crippen LogP contribution in [0.15, 0.2) is 18.5 Å². The Morgan fingerprint density at radius 1 is 1.35 bits per heavy atom. The van der Waals surface area contributed by atoms with Crippen molar-refractivity contribution in [2.45, 2.75) is 32.4 Å². The molecule has 2 aliphatic rings. The van der Waals surface area contributed by atoms with Crippen molar-refractivity contribution in [1.29, 1.82) is 0 Å². The Morgan fingerprint density at radius 3 is 2.88 bits per heavy atom. The molecule has 26 heavy (non-hydrogen) atoms. The smallest absolute Gasteiger partial charge is 0.274 e. The number of thiazole rings is 1. The summed E-state index contributed by atoms with van der Waals surface area (Å²) in [5.74, 6) is 0.0563. The van der Waals surface area contributed by atoms with E-state index in [9.17, 15) is 4.79 Å². The zero-order valence-electron chi connectivity index (χ0n) is 15.2. The summed E-state index contributed by atoms with van der Waals surface area (Å²) >= 11 is 1.75. The lowest BCUT2D eigenvalue weighted by Crippen LogP contribution is -2.48. The molecule has 1 N–H and O–H groups in total. The van der Waals surface area contributed by atoms with Gasteiger partial charge in [-0.2, -0.15) is 5.10 Å². The van der Waals surface area contributed by atoms with Gasteiger partial charge in [0.05, 0.1) is 11.0 Å². The second-order valence-corrected chi connectivity index (χ2v) is 8.41. The normalized spacial score (nSPS) is 21.9. The van der Waals surface area contributed by atoms with Crippen LogP contribution in [0.4, 0.5) is 0 Å². The summed E-state index contributed by atoms with van der Waals surface area (Å²) in [5.41, 5.74) is 0.571. The molecule has 7 nitrogen and oxygen atoms in total. The molecule has 0 bridgehead atoms. The molecule has 2 aromatic rings. The third-order valence-corrected chi connectivity index (χ3v) is 6.08. The van der Waals surface area contributed by atoms with Crippen molar-refractivity contribution in [1.82, 2.24) is 29.9 Å². The molecule has 1 unspecified atom stereocenters. The molecule has 1 atom stereocenters. The van der Waals surface area contributed by atoms with E-state index in [1.807, 2.05) is 35.0 Å². The molecular formula is C18H26N6OS. The third-order valence-electron chi connectivity index (χ3n) is 5.18. The van der Waals surface area contributed by atoms with Crippen LogP contribution in [0.25, 0.3) is 0 Å². The molecule has 2 fully saturated rings. The minimum absolute atomic E-state index is 0.0563. The predicted molar refractivity (Wildman–Crippen MR) is 101 cm³/mol. The molecule has 1 amide bonds. The SMILES string of the molecule is Cc1ncc(CN2CCN(C(=O)c3ccn(C4CCCNC4)n3)CC2)s1. The molecule has 8 heteroatoms. The number of hydrogen-bond donors (Lipinski definition) is 1. The van der Waals surface area contributed by atoms with Gasteiger partial charge in [-0.25, -0.2) is 4.98 Å². The number of piperazine rings is 1. The second kappa shape index (κ2) is 7.85. The van der Waals surface area contributed by atoms with Gasteiger partial charge in [0.2, 0.25) is 0 Å². The summed E-state index contributed by atoms with van der Waals surface area (Å²) in [5, 5.41) is 9.07. The van der Waals surface area contributed by atoms with E-state index in [0.717, 1.165) is 63.7 Å². The first-order valence-corrected chi connectivity index (χ1v) is 10.2. The van der Waals surface area contributed by atoms with Crippen molar-refractivity contribution in [3.05, 3.63) is 34.0 Å². The summed E-state index contributed by atoms with van der Waals surface area (Å²) in [6, 6.07) is 2.23. The van der Waals surface area contributed by atoms with Crippen LogP contribution >= 0.6 is 11.3 Å². The standard InChI is InChI=1S/C18H26N6OS/c1-14-20-12-16(26-14)13-22-7-9-23(10-8-22)18(25)17-4-6-24(21-17)15-3-2-5-19-11-15/h4,6,12,15,19H,2-3,5,7-11,13H2,1H3. The van der Waals surface area contributed by atoms with E-state index in [4.69, 9.17) is 0 Å². The van der Waals surface area contributed by atoms with Crippen LogP contribution < -0.4 is 5.32 Å². The van der Waals surface area contributed by atoms with Crippen LogP contribution in [0.3, 0.4) is 0 Å². The Hall–Kier alpha value is -1.77. The molecule has 2 aromatic heterocycles. The summed E-state index contributed by atoms with van der Waals surface area (Å²) in [4.78, 5) is 22.7. The molecular weight excluding hydrogens is 348 g/mol. The van der Waals surface area contributed by atoms with Gasteiger partial charge in [0.25, 0.3) is 5.91 Å². The van der Waals surface area contributed by atoms with Crippen molar-refractivity contribution in [2.75, 3.05) is 39.3 Å². The number of hydrogen-bond acceptors (Lipinski definition) is 6. The Balaban J connectivity index is 1.31. The van der Waals surface area contributed by atoms with Crippen LogP contribution in [0.2, 0.25) is 0 Å². The lowest BCUT2D eigenvalue weighted by molar-refractivity contribution is 0.0622. The monoisotopic (exact) mass is 374 g/mol. The molecule has 0 radical (unpaired) electrons. The van der Waals surface area contributed by atoms with Gasteiger partial charge in [-0.05, 0) is 32.4 Å². The fraction of sp³-hybridized carbons (Fsp3) is 0.611. The minimum atomic E-state index is 0.0563. The van der Waals surface area contributed by atoms with Crippen LogP contribution in [0, 0.1) is 6.92 Å². The van der Waals surface area contributed by atoms with Gasteiger partial charge in [0, 0.05) is 56.5 Å². The van der Waals surface area contributed by atoms with Gasteiger partial charge in [0.15, 0.2) is 0 Å². The van der Waals surface area contributed by atoms with Gasteiger partial charge < -0.3 is 10.2 Å². The summed E-state index contributed by atoms with van der Waals surface area (Å²) in [6.45, 7) is 8.29. The quantitative estimate of drug-likeness (QED) is 0.879.